The Morgan fingerprint density at radius 2 is 1.00 bits per heavy atom. The van der Waals surface area contributed by atoms with Gasteiger partial charge < -0.3 is 9.80 Å². The third-order valence-electron chi connectivity index (χ3n) is 2.87. The summed E-state index contributed by atoms with van der Waals surface area (Å²) in [5.41, 5.74) is 0. The predicted molar refractivity (Wildman–Crippen MR) is 93.1 cm³/mol. The maximum absolute atomic E-state index is 10.8. The zero-order chi connectivity index (χ0) is 17.2. The van der Waals surface area contributed by atoms with Crippen LogP contribution in [0.5, 0.6) is 0 Å². The summed E-state index contributed by atoms with van der Waals surface area (Å²) in [4.78, 5) is 4.02. The molecule has 0 amide bonds. The summed E-state index contributed by atoms with van der Waals surface area (Å²) >= 11 is 0. The number of likely N-dealkylation sites (N-methyl/N-ethyl adjacent to an activating group) is 2. The average molecular weight is 397 g/mol. The average Bonchev–Trinajstić information content (AvgIpc) is 2.31. The van der Waals surface area contributed by atoms with E-state index in [1.165, 1.54) is 0 Å². The van der Waals surface area contributed by atoms with Gasteiger partial charge in [0.25, 0.3) is 20.2 Å². The summed E-state index contributed by atoms with van der Waals surface area (Å²) in [5.74, 6) is 0. The first-order valence-electron chi connectivity index (χ1n) is 7.05. The highest BCUT2D eigenvalue weighted by molar-refractivity contribution is 7.86. The van der Waals surface area contributed by atoms with Gasteiger partial charge in [0.05, 0.1) is 25.7 Å². The van der Waals surface area contributed by atoms with Crippen molar-refractivity contribution in [3.8, 4) is 0 Å². The second-order valence-corrected chi connectivity index (χ2v) is 8.65. The van der Waals surface area contributed by atoms with Crippen molar-refractivity contribution >= 4 is 32.6 Å². The number of rotatable bonds is 13. The van der Waals surface area contributed by atoms with E-state index in [1.807, 2.05) is 23.9 Å². The smallest absolute Gasteiger partial charge is 0.264 e. The molecule has 0 radical (unpaired) electrons. The molecule has 0 spiro atoms. The first kappa shape index (κ1) is 25.3. The van der Waals surface area contributed by atoms with Gasteiger partial charge in [-0.3, -0.25) is 8.37 Å². The van der Waals surface area contributed by atoms with Crippen molar-refractivity contribution < 1.29 is 25.2 Å². The SMILES string of the molecule is CN(CCCCN(C)CCOS(C)(=O)=O)CCOS(C)(=O)=O.Cl. The minimum atomic E-state index is -3.36. The first-order valence-corrected chi connectivity index (χ1v) is 10.7. The Bertz CT molecular complexity index is 452. The van der Waals surface area contributed by atoms with Crippen LogP contribution in [-0.2, 0) is 28.6 Å². The van der Waals surface area contributed by atoms with Crippen LogP contribution in [0.4, 0.5) is 0 Å². The fraction of sp³-hybridized carbons (Fsp3) is 1.00. The molecule has 0 rings (SSSR count). The highest BCUT2D eigenvalue weighted by Gasteiger charge is 2.05. The molecule has 0 bridgehead atoms. The van der Waals surface area contributed by atoms with E-state index in [1.54, 1.807) is 0 Å². The van der Waals surface area contributed by atoms with E-state index in [0.717, 1.165) is 38.4 Å². The first-order chi connectivity index (χ1) is 9.99. The number of unbranched alkanes of at least 4 members (excludes halogenated alkanes) is 1. The second kappa shape index (κ2) is 12.4. The molecule has 0 aromatic carbocycles. The van der Waals surface area contributed by atoms with Crippen molar-refractivity contribution in [1.82, 2.24) is 9.80 Å². The van der Waals surface area contributed by atoms with Crippen LogP contribution >= 0.6 is 12.4 Å². The lowest BCUT2D eigenvalue weighted by molar-refractivity contribution is 0.224. The summed E-state index contributed by atoms with van der Waals surface area (Å²) in [6.45, 7) is 3.15. The molecule has 142 valence electrons. The quantitative estimate of drug-likeness (QED) is 0.317. The molecule has 0 fully saturated rings. The van der Waals surface area contributed by atoms with Crippen molar-refractivity contribution in [2.75, 3.05) is 66.0 Å². The Morgan fingerprint density at radius 1 is 0.696 bits per heavy atom. The molecule has 0 aliphatic heterocycles. The molecule has 11 heteroatoms. The van der Waals surface area contributed by atoms with Crippen LogP contribution in [0.1, 0.15) is 12.8 Å². The Hall–Kier alpha value is 0.0300. The van der Waals surface area contributed by atoms with E-state index < -0.39 is 20.2 Å². The third-order valence-corrected chi connectivity index (χ3v) is 4.06. The van der Waals surface area contributed by atoms with Gasteiger partial charge in [-0.2, -0.15) is 16.8 Å². The van der Waals surface area contributed by atoms with Crippen LogP contribution < -0.4 is 0 Å². The van der Waals surface area contributed by atoms with Crippen LogP contribution in [0, 0.1) is 0 Å². The van der Waals surface area contributed by atoms with Gasteiger partial charge in [0, 0.05) is 13.1 Å². The predicted octanol–water partition coefficient (Wildman–Crippen LogP) is 0.00440. The molecule has 0 aromatic rings. The lowest BCUT2D eigenvalue weighted by Gasteiger charge is -2.18. The monoisotopic (exact) mass is 396 g/mol. The fourth-order valence-electron chi connectivity index (χ4n) is 1.68. The number of nitrogens with zero attached hydrogens (tertiary/aromatic N) is 2. The van der Waals surface area contributed by atoms with Gasteiger partial charge >= 0.3 is 0 Å². The van der Waals surface area contributed by atoms with Gasteiger partial charge in [0.2, 0.25) is 0 Å². The molecule has 0 N–H and O–H groups in total. The van der Waals surface area contributed by atoms with Crippen LogP contribution in [0.3, 0.4) is 0 Å². The largest absolute Gasteiger partial charge is 0.304 e. The van der Waals surface area contributed by atoms with Crippen molar-refractivity contribution in [2.24, 2.45) is 0 Å². The van der Waals surface area contributed by atoms with Crippen LogP contribution in [-0.4, -0.2) is 92.6 Å². The fourth-order valence-corrected chi connectivity index (χ4v) is 2.43. The van der Waals surface area contributed by atoms with Crippen molar-refractivity contribution in [2.45, 2.75) is 12.8 Å². The van der Waals surface area contributed by atoms with E-state index in [9.17, 15) is 16.8 Å². The maximum Gasteiger partial charge on any atom is 0.264 e. The highest BCUT2D eigenvalue weighted by Crippen LogP contribution is 1.97. The summed E-state index contributed by atoms with van der Waals surface area (Å²) in [6, 6.07) is 0. The molecule has 0 aliphatic rings. The maximum atomic E-state index is 10.8. The van der Waals surface area contributed by atoms with E-state index in [-0.39, 0.29) is 25.6 Å². The second-order valence-electron chi connectivity index (χ2n) is 5.37. The summed E-state index contributed by atoms with van der Waals surface area (Å²) in [5, 5.41) is 0. The molecule has 0 aliphatic carbocycles. The zero-order valence-corrected chi connectivity index (χ0v) is 16.7. The lowest BCUT2D eigenvalue weighted by atomic mass is 10.3. The van der Waals surface area contributed by atoms with Gasteiger partial charge in [-0.15, -0.1) is 12.4 Å². The van der Waals surface area contributed by atoms with Crippen LogP contribution in [0.15, 0.2) is 0 Å². The number of halogens is 1. The molecule has 0 unspecified atom stereocenters. The summed E-state index contributed by atoms with van der Waals surface area (Å²) in [6.07, 6.45) is 4.01. The molecule has 23 heavy (non-hydrogen) atoms. The molecule has 0 saturated heterocycles. The van der Waals surface area contributed by atoms with Crippen molar-refractivity contribution in [3.05, 3.63) is 0 Å². The van der Waals surface area contributed by atoms with Crippen LogP contribution in [0.25, 0.3) is 0 Å². The van der Waals surface area contributed by atoms with Gasteiger partial charge in [-0.25, -0.2) is 0 Å². The number of hydrogen-bond acceptors (Lipinski definition) is 8. The molecule has 0 saturated carbocycles. The minimum Gasteiger partial charge on any atom is -0.304 e. The van der Waals surface area contributed by atoms with E-state index in [0.29, 0.717) is 13.1 Å². The molecule has 0 heterocycles. The molecule has 0 aromatic heterocycles. The third kappa shape index (κ3) is 20.0. The Morgan fingerprint density at radius 3 is 1.26 bits per heavy atom. The topological polar surface area (TPSA) is 93.2 Å². The minimum absolute atomic E-state index is 0. The standard InChI is InChI=1S/C12H28N2O6S2.ClH/c1-13(9-11-19-21(3,15)16)7-5-6-8-14(2)10-12-20-22(4,17)18;/h5-12H2,1-4H3;1H. The van der Waals surface area contributed by atoms with Crippen molar-refractivity contribution in [3.63, 3.8) is 0 Å². The van der Waals surface area contributed by atoms with E-state index >= 15 is 0 Å². The van der Waals surface area contributed by atoms with Gasteiger partial charge in [-0.05, 0) is 40.0 Å². The Kier molecular flexibility index (Phi) is 13.6. The summed E-state index contributed by atoms with van der Waals surface area (Å²) < 4.78 is 52.6. The highest BCUT2D eigenvalue weighted by atomic mass is 35.5. The Balaban J connectivity index is 0. The normalized spacial score (nSPS) is 12.6. The number of hydrogen-bond donors (Lipinski definition) is 0. The molecular weight excluding hydrogens is 368 g/mol. The van der Waals surface area contributed by atoms with Gasteiger partial charge in [-0.1, -0.05) is 0 Å². The zero-order valence-electron chi connectivity index (χ0n) is 14.2. The molecular formula is C12H29ClN2O6S2. The van der Waals surface area contributed by atoms with E-state index in [2.05, 4.69) is 8.37 Å². The summed E-state index contributed by atoms with van der Waals surface area (Å²) in [7, 11) is -2.90. The van der Waals surface area contributed by atoms with E-state index in [4.69, 9.17) is 0 Å². The Labute approximate surface area is 146 Å². The van der Waals surface area contributed by atoms with Gasteiger partial charge in [0.1, 0.15) is 0 Å². The molecule has 8 nitrogen and oxygen atoms in total. The van der Waals surface area contributed by atoms with Crippen LogP contribution in [0.2, 0.25) is 0 Å². The lowest BCUT2D eigenvalue weighted by Crippen LogP contribution is -2.28. The van der Waals surface area contributed by atoms with Crippen molar-refractivity contribution in [1.29, 1.82) is 0 Å². The van der Waals surface area contributed by atoms with Gasteiger partial charge in [0.15, 0.2) is 0 Å². The molecule has 0 atom stereocenters.